The SMILES string of the molecule is CCc1nn(CC)c(CC(Cc2csc(C)n2)NN)c1Br. The van der Waals surface area contributed by atoms with Gasteiger partial charge >= 0.3 is 0 Å². The molecule has 0 saturated carbocycles. The number of hydrogen-bond donors (Lipinski definition) is 2. The van der Waals surface area contributed by atoms with E-state index in [9.17, 15) is 0 Å². The fraction of sp³-hybridized carbons (Fsp3) is 0.571. The van der Waals surface area contributed by atoms with Gasteiger partial charge in [0.15, 0.2) is 0 Å². The number of halogens is 1. The minimum absolute atomic E-state index is 0.148. The third-order valence-corrected chi connectivity index (χ3v) is 5.23. The summed E-state index contributed by atoms with van der Waals surface area (Å²) in [6.45, 7) is 7.11. The fourth-order valence-corrected chi connectivity index (χ4v) is 3.74. The molecular formula is C14H22BrN5S. The van der Waals surface area contributed by atoms with Gasteiger partial charge in [0, 0.05) is 30.8 Å². The minimum Gasteiger partial charge on any atom is -0.271 e. The highest BCUT2D eigenvalue weighted by atomic mass is 79.9. The third-order valence-electron chi connectivity index (χ3n) is 3.49. The standard InChI is InChI=1S/C14H22BrN5S/c1-4-12-14(15)13(20(5-2)19-12)7-10(18-16)6-11-8-21-9(3)17-11/h8,10,18H,4-7,16H2,1-3H3. The van der Waals surface area contributed by atoms with Gasteiger partial charge in [0.05, 0.1) is 26.6 Å². The third kappa shape index (κ3) is 3.91. The lowest BCUT2D eigenvalue weighted by Gasteiger charge is -2.16. The number of nitrogens with one attached hydrogen (secondary N) is 1. The molecule has 1 atom stereocenters. The lowest BCUT2D eigenvalue weighted by molar-refractivity contribution is 0.492. The molecule has 0 aliphatic rings. The van der Waals surface area contributed by atoms with Gasteiger partial charge in [0.2, 0.25) is 0 Å². The van der Waals surface area contributed by atoms with Crippen molar-refractivity contribution in [1.82, 2.24) is 20.2 Å². The molecule has 0 saturated heterocycles. The van der Waals surface area contributed by atoms with Crippen LogP contribution in [0.1, 0.15) is 35.9 Å². The molecule has 2 heterocycles. The van der Waals surface area contributed by atoms with Crippen LogP contribution in [-0.2, 0) is 25.8 Å². The Labute approximate surface area is 138 Å². The number of nitrogens with zero attached hydrogens (tertiary/aromatic N) is 3. The zero-order chi connectivity index (χ0) is 15.4. The van der Waals surface area contributed by atoms with Gasteiger partial charge in [-0.2, -0.15) is 5.10 Å². The first-order valence-corrected chi connectivity index (χ1v) is 8.87. The largest absolute Gasteiger partial charge is 0.271 e. The first-order valence-electron chi connectivity index (χ1n) is 7.20. The van der Waals surface area contributed by atoms with Crippen molar-refractivity contribution >= 4 is 27.3 Å². The minimum atomic E-state index is 0.148. The number of aryl methyl sites for hydroxylation is 3. The Morgan fingerprint density at radius 3 is 2.71 bits per heavy atom. The van der Waals surface area contributed by atoms with Gasteiger partial charge in [-0.3, -0.25) is 16.0 Å². The second kappa shape index (κ2) is 7.49. The van der Waals surface area contributed by atoms with Crippen molar-refractivity contribution in [1.29, 1.82) is 0 Å². The Kier molecular flexibility index (Phi) is 5.92. The normalized spacial score (nSPS) is 12.8. The molecular weight excluding hydrogens is 350 g/mol. The highest BCUT2D eigenvalue weighted by Gasteiger charge is 2.19. The number of hydrogen-bond acceptors (Lipinski definition) is 5. The number of aromatic nitrogens is 3. The molecule has 0 aliphatic heterocycles. The van der Waals surface area contributed by atoms with Crippen molar-refractivity contribution in [2.45, 2.75) is 52.6 Å². The molecule has 7 heteroatoms. The van der Waals surface area contributed by atoms with Gasteiger partial charge in [0.25, 0.3) is 0 Å². The van der Waals surface area contributed by atoms with E-state index in [0.717, 1.165) is 46.7 Å². The average Bonchev–Trinajstić information content (AvgIpc) is 3.02. The zero-order valence-electron chi connectivity index (χ0n) is 12.7. The van der Waals surface area contributed by atoms with Crippen LogP contribution in [0.25, 0.3) is 0 Å². The van der Waals surface area contributed by atoms with Gasteiger partial charge < -0.3 is 0 Å². The predicted octanol–water partition coefficient (Wildman–Crippen LogP) is 2.61. The van der Waals surface area contributed by atoms with Gasteiger partial charge in [-0.25, -0.2) is 4.98 Å². The monoisotopic (exact) mass is 371 g/mol. The average molecular weight is 372 g/mol. The molecule has 2 rings (SSSR count). The molecule has 0 aliphatic carbocycles. The molecule has 0 spiro atoms. The molecule has 0 amide bonds. The van der Waals surface area contributed by atoms with Crippen molar-refractivity contribution < 1.29 is 0 Å². The topological polar surface area (TPSA) is 68.8 Å². The highest BCUT2D eigenvalue weighted by Crippen LogP contribution is 2.24. The molecule has 2 aromatic rings. The van der Waals surface area contributed by atoms with E-state index >= 15 is 0 Å². The molecule has 0 aromatic carbocycles. The Morgan fingerprint density at radius 2 is 2.19 bits per heavy atom. The van der Waals surface area contributed by atoms with Crippen LogP contribution in [0.15, 0.2) is 9.85 Å². The van der Waals surface area contributed by atoms with Gasteiger partial charge in [-0.1, -0.05) is 6.92 Å². The van der Waals surface area contributed by atoms with E-state index in [2.05, 4.69) is 55.3 Å². The second-order valence-corrected chi connectivity index (χ2v) is 6.86. The van der Waals surface area contributed by atoms with Crippen LogP contribution in [0.5, 0.6) is 0 Å². The van der Waals surface area contributed by atoms with Gasteiger partial charge in [0.1, 0.15) is 0 Å². The van der Waals surface area contributed by atoms with Crippen molar-refractivity contribution in [3.8, 4) is 0 Å². The highest BCUT2D eigenvalue weighted by molar-refractivity contribution is 9.10. The van der Waals surface area contributed by atoms with E-state index in [1.54, 1.807) is 11.3 Å². The van der Waals surface area contributed by atoms with Crippen molar-refractivity contribution in [3.05, 3.63) is 31.9 Å². The molecule has 21 heavy (non-hydrogen) atoms. The summed E-state index contributed by atoms with van der Waals surface area (Å²) in [5, 5.41) is 7.82. The molecule has 5 nitrogen and oxygen atoms in total. The Bertz CT molecular complexity index is 592. The van der Waals surface area contributed by atoms with Crippen LogP contribution in [0.2, 0.25) is 0 Å². The summed E-state index contributed by atoms with van der Waals surface area (Å²) in [4.78, 5) is 4.52. The Morgan fingerprint density at radius 1 is 1.43 bits per heavy atom. The fourth-order valence-electron chi connectivity index (χ4n) is 2.39. The molecule has 116 valence electrons. The molecule has 0 radical (unpaired) electrons. The Hall–Kier alpha value is -0.760. The molecule has 0 bridgehead atoms. The van der Waals surface area contributed by atoms with Crippen LogP contribution < -0.4 is 11.3 Å². The van der Waals surface area contributed by atoms with Gasteiger partial charge in [-0.05, 0) is 36.2 Å². The molecule has 2 aromatic heterocycles. The van der Waals surface area contributed by atoms with Crippen LogP contribution in [0.3, 0.4) is 0 Å². The zero-order valence-corrected chi connectivity index (χ0v) is 15.1. The van der Waals surface area contributed by atoms with E-state index in [4.69, 9.17) is 5.84 Å². The maximum atomic E-state index is 5.74. The smallest absolute Gasteiger partial charge is 0.0897 e. The summed E-state index contributed by atoms with van der Waals surface area (Å²) >= 11 is 5.36. The van der Waals surface area contributed by atoms with E-state index in [0.29, 0.717) is 0 Å². The van der Waals surface area contributed by atoms with Gasteiger partial charge in [-0.15, -0.1) is 11.3 Å². The Balaban J connectivity index is 2.16. The maximum absolute atomic E-state index is 5.74. The van der Waals surface area contributed by atoms with Crippen molar-refractivity contribution in [2.75, 3.05) is 0 Å². The summed E-state index contributed by atoms with van der Waals surface area (Å²) < 4.78 is 3.17. The van der Waals surface area contributed by atoms with E-state index in [-0.39, 0.29) is 6.04 Å². The quantitative estimate of drug-likeness (QED) is 0.579. The number of rotatable bonds is 7. The van der Waals surface area contributed by atoms with E-state index in [1.807, 2.05) is 6.92 Å². The molecule has 0 fully saturated rings. The maximum Gasteiger partial charge on any atom is 0.0897 e. The summed E-state index contributed by atoms with van der Waals surface area (Å²) in [7, 11) is 0. The summed E-state index contributed by atoms with van der Waals surface area (Å²) in [5.41, 5.74) is 6.31. The van der Waals surface area contributed by atoms with Crippen molar-refractivity contribution in [3.63, 3.8) is 0 Å². The first-order chi connectivity index (χ1) is 10.1. The van der Waals surface area contributed by atoms with E-state index in [1.165, 1.54) is 5.69 Å². The number of thiazole rings is 1. The first kappa shape index (κ1) is 16.6. The second-order valence-electron chi connectivity index (χ2n) is 5.01. The van der Waals surface area contributed by atoms with Crippen molar-refractivity contribution in [2.24, 2.45) is 5.84 Å². The summed E-state index contributed by atoms with van der Waals surface area (Å²) in [6.07, 6.45) is 2.57. The predicted molar refractivity (Wildman–Crippen MR) is 90.3 cm³/mol. The lowest BCUT2D eigenvalue weighted by atomic mass is 10.1. The summed E-state index contributed by atoms with van der Waals surface area (Å²) in [5.74, 6) is 5.74. The van der Waals surface area contributed by atoms with Crippen LogP contribution >= 0.6 is 27.3 Å². The van der Waals surface area contributed by atoms with Crippen LogP contribution in [-0.4, -0.2) is 20.8 Å². The lowest BCUT2D eigenvalue weighted by Crippen LogP contribution is -2.39. The van der Waals surface area contributed by atoms with Crippen LogP contribution in [0, 0.1) is 6.92 Å². The van der Waals surface area contributed by atoms with E-state index < -0.39 is 0 Å². The summed E-state index contributed by atoms with van der Waals surface area (Å²) in [6, 6.07) is 0.148. The van der Waals surface area contributed by atoms with Crippen LogP contribution in [0.4, 0.5) is 0 Å². The number of nitrogens with two attached hydrogens (primary N) is 1. The molecule has 1 unspecified atom stereocenters. The molecule has 3 N–H and O–H groups in total. The number of hydrazine groups is 1.